The number of hydrogen-bond acceptors (Lipinski definition) is 3. The third kappa shape index (κ3) is 3.32. The zero-order valence-electron chi connectivity index (χ0n) is 15.1. The van der Waals surface area contributed by atoms with Crippen molar-refractivity contribution in [3.05, 3.63) is 51.8 Å². The molecule has 1 N–H and O–H groups in total. The van der Waals surface area contributed by atoms with Gasteiger partial charge in [-0.2, -0.15) is 18.3 Å². The molecule has 5 nitrogen and oxygen atoms in total. The number of nitrogens with one attached hydrogen (secondary N) is 1. The van der Waals surface area contributed by atoms with E-state index in [4.69, 9.17) is 11.6 Å². The summed E-state index contributed by atoms with van der Waals surface area (Å²) < 4.78 is 40.6. The van der Waals surface area contributed by atoms with Gasteiger partial charge in [0.25, 0.3) is 5.91 Å². The molecule has 0 unspecified atom stereocenters. The zero-order chi connectivity index (χ0) is 20.2. The molecule has 0 bridgehead atoms. The number of alkyl halides is 3. The third-order valence-electron chi connectivity index (χ3n) is 4.77. The number of pyridine rings is 1. The van der Waals surface area contributed by atoms with Crippen molar-refractivity contribution in [3.63, 3.8) is 0 Å². The first-order chi connectivity index (χ1) is 13.1. The quantitative estimate of drug-likeness (QED) is 0.657. The van der Waals surface area contributed by atoms with Crippen LogP contribution in [0.3, 0.4) is 0 Å². The van der Waals surface area contributed by atoms with E-state index in [2.05, 4.69) is 15.4 Å². The third-order valence-corrected chi connectivity index (χ3v) is 5.10. The number of carbonyl (C=O) groups excluding carboxylic acids is 1. The van der Waals surface area contributed by atoms with Crippen LogP contribution in [-0.4, -0.2) is 20.7 Å². The van der Waals surface area contributed by atoms with Gasteiger partial charge >= 0.3 is 6.18 Å². The van der Waals surface area contributed by atoms with E-state index in [0.29, 0.717) is 28.2 Å². The minimum Gasteiger partial charge on any atom is -0.321 e. The Kier molecular flexibility index (Phi) is 4.33. The number of carbonyl (C=O) groups is 1. The van der Waals surface area contributed by atoms with Gasteiger partial charge in [-0.05, 0) is 44.0 Å². The molecule has 2 heterocycles. The fourth-order valence-corrected chi connectivity index (χ4v) is 3.38. The van der Waals surface area contributed by atoms with Gasteiger partial charge in [0, 0.05) is 18.7 Å². The van der Waals surface area contributed by atoms with Gasteiger partial charge in [-0.15, -0.1) is 0 Å². The molecule has 4 rings (SSSR count). The predicted octanol–water partition coefficient (Wildman–Crippen LogP) is 5.08. The van der Waals surface area contributed by atoms with Gasteiger partial charge in [-0.3, -0.25) is 9.48 Å². The van der Waals surface area contributed by atoms with Gasteiger partial charge in [-0.25, -0.2) is 4.98 Å². The summed E-state index contributed by atoms with van der Waals surface area (Å²) in [6.45, 7) is 1.76. The Bertz CT molecular complexity index is 1100. The first kappa shape index (κ1) is 18.7. The van der Waals surface area contributed by atoms with Crippen molar-refractivity contribution in [2.45, 2.75) is 31.9 Å². The number of benzene rings is 1. The topological polar surface area (TPSA) is 59.8 Å². The molecule has 1 amide bonds. The van der Waals surface area contributed by atoms with E-state index in [1.165, 1.54) is 0 Å². The summed E-state index contributed by atoms with van der Waals surface area (Å²) in [4.78, 5) is 17.6. The number of rotatable bonds is 3. The normalized spacial score (nSPS) is 14.5. The van der Waals surface area contributed by atoms with Gasteiger partial charge in [0.1, 0.15) is 0 Å². The maximum Gasteiger partial charge on any atom is 0.416 e. The van der Waals surface area contributed by atoms with Crippen LogP contribution in [0.15, 0.2) is 24.3 Å². The maximum atomic E-state index is 13.0. The Hall–Kier alpha value is -2.61. The van der Waals surface area contributed by atoms with E-state index in [9.17, 15) is 18.0 Å². The van der Waals surface area contributed by atoms with E-state index in [0.717, 1.165) is 36.7 Å². The summed E-state index contributed by atoms with van der Waals surface area (Å²) in [5.74, 6) is -0.255. The Balaban J connectivity index is 1.78. The van der Waals surface area contributed by atoms with Crippen molar-refractivity contribution in [1.82, 2.24) is 14.8 Å². The fraction of sp³-hybridized carbons (Fsp3) is 0.316. The lowest BCUT2D eigenvalue weighted by Crippen LogP contribution is -2.15. The number of halogens is 4. The van der Waals surface area contributed by atoms with Gasteiger partial charge in [0.2, 0.25) is 0 Å². The molecule has 3 aromatic rings. The summed E-state index contributed by atoms with van der Waals surface area (Å²) in [5, 5.41) is 7.44. The Labute approximate surface area is 163 Å². The van der Waals surface area contributed by atoms with Crippen LogP contribution in [0.2, 0.25) is 5.02 Å². The first-order valence-corrected chi connectivity index (χ1v) is 9.05. The molecule has 2 aromatic heterocycles. The molecule has 0 aliphatic heterocycles. The average molecular weight is 409 g/mol. The number of fused-ring (bicyclic) bond motifs is 1. The summed E-state index contributed by atoms with van der Waals surface area (Å²) in [6.07, 6.45) is -2.54. The second-order valence-corrected chi connectivity index (χ2v) is 7.33. The number of nitrogens with zero attached hydrogens (tertiary/aromatic N) is 3. The van der Waals surface area contributed by atoms with E-state index < -0.39 is 17.6 Å². The summed E-state index contributed by atoms with van der Waals surface area (Å²) >= 11 is 6.01. The van der Waals surface area contributed by atoms with Crippen LogP contribution >= 0.6 is 11.6 Å². The highest BCUT2D eigenvalue weighted by atomic mass is 35.5. The highest BCUT2D eigenvalue weighted by Crippen LogP contribution is 2.41. The van der Waals surface area contributed by atoms with Crippen LogP contribution in [0.4, 0.5) is 18.9 Å². The smallest absolute Gasteiger partial charge is 0.321 e. The second-order valence-electron chi connectivity index (χ2n) is 6.92. The van der Waals surface area contributed by atoms with E-state index in [1.54, 1.807) is 24.7 Å². The second kappa shape index (κ2) is 6.48. The van der Waals surface area contributed by atoms with Crippen LogP contribution in [-0.2, 0) is 13.2 Å². The number of aryl methyl sites for hydroxylation is 2. The van der Waals surface area contributed by atoms with Gasteiger partial charge in [0.15, 0.2) is 5.65 Å². The largest absolute Gasteiger partial charge is 0.416 e. The van der Waals surface area contributed by atoms with Crippen molar-refractivity contribution in [1.29, 1.82) is 0 Å². The molecule has 0 atom stereocenters. The Morgan fingerprint density at radius 3 is 2.64 bits per heavy atom. The molecule has 0 radical (unpaired) electrons. The van der Waals surface area contributed by atoms with Crippen LogP contribution in [0.5, 0.6) is 0 Å². The molecule has 0 saturated heterocycles. The van der Waals surface area contributed by atoms with Crippen LogP contribution in [0.25, 0.3) is 11.0 Å². The SMILES string of the molecule is Cc1nn(C)c2nc(C3CC3)cc(C(=O)Nc3cc(C(F)(F)F)ccc3Cl)c12. The summed E-state index contributed by atoms with van der Waals surface area (Å²) in [7, 11) is 1.74. The lowest BCUT2D eigenvalue weighted by Gasteiger charge is -2.13. The minimum atomic E-state index is -4.53. The molecule has 1 aliphatic rings. The standard InChI is InChI=1S/C19H16ClF3N4O/c1-9-16-12(8-14(10-3-4-10)24-17(16)27(2)26-9)18(28)25-15-7-11(19(21,22)23)5-6-13(15)20/h5-8,10H,3-4H2,1-2H3,(H,25,28). The number of hydrogen-bond donors (Lipinski definition) is 1. The maximum absolute atomic E-state index is 13.0. The fourth-order valence-electron chi connectivity index (χ4n) is 3.22. The number of aromatic nitrogens is 3. The molecule has 1 saturated carbocycles. The van der Waals surface area contributed by atoms with Crippen molar-refractivity contribution in [3.8, 4) is 0 Å². The highest BCUT2D eigenvalue weighted by Gasteiger charge is 2.32. The monoisotopic (exact) mass is 408 g/mol. The van der Waals surface area contributed by atoms with E-state index >= 15 is 0 Å². The Morgan fingerprint density at radius 1 is 1.29 bits per heavy atom. The molecule has 0 spiro atoms. The highest BCUT2D eigenvalue weighted by molar-refractivity contribution is 6.34. The van der Waals surface area contributed by atoms with Crippen LogP contribution in [0.1, 0.15) is 46.1 Å². The summed E-state index contributed by atoms with van der Waals surface area (Å²) in [5.41, 5.74) is 1.32. The molecule has 28 heavy (non-hydrogen) atoms. The molecule has 146 valence electrons. The van der Waals surface area contributed by atoms with Crippen molar-refractivity contribution in [2.75, 3.05) is 5.32 Å². The van der Waals surface area contributed by atoms with Gasteiger partial charge < -0.3 is 5.32 Å². The number of amides is 1. The molecule has 1 fully saturated rings. The van der Waals surface area contributed by atoms with E-state index in [1.807, 2.05) is 0 Å². The van der Waals surface area contributed by atoms with Crippen molar-refractivity contribution in [2.24, 2.45) is 7.05 Å². The van der Waals surface area contributed by atoms with Crippen molar-refractivity contribution >= 4 is 34.2 Å². The minimum absolute atomic E-state index is 0.0250. The first-order valence-electron chi connectivity index (χ1n) is 8.67. The summed E-state index contributed by atoms with van der Waals surface area (Å²) in [6, 6.07) is 4.52. The molecule has 1 aromatic carbocycles. The average Bonchev–Trinajstić information content (AvgIpc) is 3.42. The van der Waals surface area contributed by atoms with E-state index in [-0.39, 0.29) is 10.7 Å². The molecular weight excluding hydrogens is 393 g/mol. The van der Waals surface area contributed by atoms with Crippen molar-refractivity contribution < 1.29 is 18.0 Å². The lowest BCUT2D eigenvalue weighted by atomic mass is 10.1. The van der Waals surface area contributed by atoms with Crippen LogP contribution < -0.4 is 5.32 Å². The molecule has 9 heteroatoms. The molecule has 1 aliphatic carbocycles. The molecular formula is C19H16ClF3N4O. The van der Waals surface area contributed by atoms with Crippen LogP contribution in [0, 0.1) is 6.92 Å². The zero-order valence-corrected chi connectivity index (χ0v) is 15.8. The lowest BCUT2D eigenvalue weighted by molar-refractivity contribution is -0.137. The Morgan fingerprint density at radius 2 is 2.00 bits per heavy atom. The predicted molar refractivity (Wildman–Crippen MR) is 99.6 cm³/mol. The van der Waals surface area contributed by atoms with Gasteiger partial charge in [0.05, 0.1) is 32.9 Å². The van der Waals surface area contributed by atoms with Gasteiger partial charge in [-0.1, -0.05) is 11.6 Å². The number of anilines is 1.